The summed E-state index contributed by atoms with van der Waals surface area (Å²) in [7, 11) is 0. The van der Waals surface area contributed by atoms with Gasteiger partial charge < -0.3 is 9.73 Å². The summed E-state index contributed by atoms with van der Waals surface area (Å²) in [6.45, 7) is 2.96. The minimum atomic E-state index is -0.170. The van der Waals surface area contributed by atoms with Crippen LogP contribution in [0.5, 0.6) is 0 Å². The van der Waals surface area contributed by atoms with E-state index in [0.29, 0.717) is 6.04 Å². The molecule has 1 atom stereocenters. The Labute approximate surface area is 107 Å². The van der Waals surface area contributed by atoms with Crippen molar-refractivity contribution in [2.24, 2.45) is 0 Å². The molecule has 0 radical (unpaired) electrons. The average Bonchev–Trinajstić information content (AvgIpc) is 2.82. The summed E-state index contributed by atoms with van der Waals surface area (Å²) >= 11 is 0. The second-order valence-electron chi connectivity index (χ2n) is 4.52. The monoisotopic (exact) mass is 247 g/mol. The van der Waals surface area contributed by atoms with Crippen LogP contribution in [0.3, 0.4) is 0 Å². The Hall–Kier alpha value is -1.61. The third-order valence-corrected chi connectivity index (χ3v) is 2.88. The Morgan fingerprint density at radius 3 is 2.89 bits per heavy atom. The summed E-state index contributed by atoms with van der Waals surface area (Å²) in [4.78, 5) is 0. The number of benzene rings is 1. The molecule has 0 aliphatic heterocycles. The second-order valence-corrected chi connectivity index (χ2v) is 4.52. The molecule has 0 bridgehead atoms. The molecule has 0 saturated carbocycles. The van der Waals surface area contributed by atoms with Crippen molar-refractivity contribution in [1.29, 1.82) is 0 Å². The number of halogens is 1. The number of hydrogen-bond acceptors (Lipinski definition) is 2. The fraction of sp³-hybridized carbons (Fsp3) is 0.333. The zero-order valence-electron chi connectivity index (χ0n) is 10.5. The van der Waals surface area contributed by atoms with E-state index >= 15 is 0 Å². The maximum absolute atomic E-state index is 13.0. The van der Waals surface area contributed by atoms with E-state index in [1.165, 1.54) is 6.07 Å². The molecule has 1 unspecified atom stereocenters. The van der Waals surface area contributed by atoms with Crippen molar-refractivity contribution in [1.82, 2.24) is 5.32 Å². The second kappa shape index (κ2) is 6.36. The molecule has 18 heavy (non-hydrogen) atoms. The quantitative estimate of drug-likeness (QED) is 0.848. The molecule has 1 aromatic heterocycles. The molecule has 1 aromatic carbocycles. The fourth-order valence-electron chi connectivity index (χ4n) is 1.96. The van der Waals surface area contributed by atoms with Gasteiger partial charge in [0, 0.05) is 12.5 Å². The zero-order valence-corrected chi connectivity index (χ0v) is 10.5. The highest BCUT2D eigenvalue weighted by molar-refractivity contribution is 5.16. The molecule has 0 fully saturated rings. The minimum Gasteiger partial charge on any atom is -0.469 e. The Morgan fingerprint density at radius 2 is 2.17 bits per heavy atom. The first-order valence-corrected chi connectivity index (χ1v) is 6.24. The molecule has 1 N–H and O–H groups in total. The largest absolute Gasteiger partial charge is 0.469 e. The zero-order chi connectivity index (χ0) is 12.8. The van der Waals surface area contributed by atoms with E-state index in [0.717, 1.165) is 30.7 Å². The molecule has 0 amide bonds. The predicted octanol–water partition coefficient (Wildman–Crippen LogP) is 3.18. The number of nitrogens with one attached hydrogen (secondary N) is 1. The van der Waals surface area contributed by atoms with Gasteiger partial charge in [0.2, 0.25) is 0 Å². The first kappa shape index (κ1) is 12.8. The van der Waals surface area contributed by atoms with Crippen LogP contribution in [0.1, 0.15) is 18.2 Å². The van der Waals surface area contributed by atoms with Crippen molar-refractivity contribution in [2.75, 3.05) is 6.54 Å². The van der Waals surface area contributed by atoms with Gasteiger partial charge in [-0.05, 0) is 49.7 Å². The van der Waals surface area contributed by atoms with E-state index in [1.807, 2.05) is 18.2 Å². The average molecular weight is 247 g/mol. The van der Waals surface area contributed by atoms with E-state index < -0.39 is 0 Å². The summed E-state index contributed by atoms with van der Waals surface area (Å²) in [5, 5.41) is 3.41. The van der Waals surface area contributed by atoms with Crippen LogP contribution in [0.15, 0.2) is 47.1 Å². The minimum absolute atomic E-state index is 0.170. The van der Waals surface area contributed by atoms with E-state index in [9.17, 15) is 4.39 Å². The lowest BCUT2D eigenvalue weighted by atomic mass is 10.1. The van der Waals surface area contributed by atoms with Crippen LogP contribution >= 0.6 is 0 Å². The lowest BCUT2D eigenvalue weighted by Crippen LogP contribution is -2.29. The van der Waals surface area contributed by atoms with E-state index in [4.69, 9.17) is 4.42 Å². The van der Waals surface area contributed by atoms with Crippen molar-refractivity contribution < 1.29 is 8.81 Å². The molecule has 0 saturated heterocycles. The third kappa shape index (κ3) is 4.00. The Balaban J connectivity index is 1.72. The highest BCUT2D eigenvalue weighted by atomic mass is 19.1. The van der Waals surface area contributed by atoms with Crippen molar-refractivity contribution in [3.05, 3.63) is 59.8 Å². The molecule has 96 valence electrons. The van der Waals surface area contributed by atoms with Gasteiger partial charge >= 0.3 is 0 Å². The van der Waals surface area contributed by atoms with Gasteiger partial charge in [-0.15, -0.1) is 0 Å². The van der Waals surface area contributed by atoms with Crippen molar-refractivity contribution >= 4 is 0 Å². The first-order chi connectivity index (χ1) is 8.74. The summed E-state index contributed by atoms with van der Waals surface area (Å²) in [6.07, 6.45) is 3.39. The van der Waals surface area contributed by atoms with E-state index in [1.54, 1.807) is 18.4 Å². The molecular weight excluding hydrogens is 229 g/mol. The Bertz CT molecular complexity index is 467. The summed E-state index contributed by atoms with van der Waals surface area (Å²) in [5.41, 5.74) is 1.02. The van der Waals surface area contributed by atoms with Crippen LogP contribution in [0.2, 0.25) is 0 Å². The first-order valence-electron chi connectivity index (χ1n) is 6.24. The highest BCUT2D eigenvalue weighted by Gasteiger charge is 2.04. The van der Waals surface area contributed by atoms with Gasteiger partial charge in [-0.25, -0.2) is 4.39 Å². The van der Waals surface area contributed by atoms with Gasteiger partial charge in [0.25, 0.3) is 0 Å². The molecule has 0 aliphatic carbocycles. The van der Waals surface area contributed by atoms with Gasteiger partial charge in [0.05, 0.1) is 6.26 Å². The van der Waals surface area contributed by atoms with Crippen LogP contribution in [0.25, 0.3) is 0 Å². The number of hydrogen-bond donors (Lipinski definition) is 1. The third-order valence-electron chi connectivity index (χ3n) is 2.88. The van der Waals surface area contributed by atoms with Crippen molar-refractivity contribution in [2.45, 2.75) is 25.8 Å². The van der Waals surface area contributed by atoms with Gasteiger partial charge in [-0.3, -0.25) is 0 Å². The lowest BCUT2D eigenvalue weighted by Gasteiger charge is -2.12. The van der Waals surface area contributed by atoms with Crippen LogP contribution in [-0.4, -0.2) is 12.6 Å². The van der Waals surface area contributed by atoms with Gasteiger partial charge in [0.15, 0.2) is 0 Å². The van der Waals surface area contributed by atoms with Gasteiger partial charge in [0.1, 0.15) is 11.6 Å². The summed E-state index contributed by atoms with van der Waals surface area (Å²) < 4.78 is 18.3. The van der Waals surface area contributed by atoms with Gasteiger partial charge in [-0.2, -0.15) is 0 Å². The number of rotatable bonds is 6. The van der Waals surface area contributed by atoms with Crippen LogP contribution in [0, 0.1) is 5.82 Å². The van der Waals surface area contributed by atoms with Gasteiger partial charge in [-0.1, -0.05) is 12.1 Å². The number of furan rings is 1. The van der Waals surface area contributed by atoms with E-state index in [-0.39, 0.29) is 5.82 Å². The maximum atomic E-state index is 13.0. The van der Waals surface area contributed by atoms with E-state index in [2.05, 4.69) is 12.2 Å². The SMILES string of the molecule is CC(Cc1ccco1)NCCc1cccc(F)c1. The molecule has 2 rings (SSSR count). The molecule has 2 aromatic rings. The van der Waals surface area contributed by atoms with Crippen LogP contribution in [0.4, 0.5) is 4.39 Å². The molecular formula is C15H18FNO. The smallest absolute Gasteiger partial charge is 0.123 e. The summed E-state index contributed by atoms with van der Waals surface area (Å²) in [6, 6.07) is 11.0. The highest BCUT2D eigenvalue weighted by Crippen LogP contribution is 2.05. The standard InChI is InChI=1S/C15H18FNO/c1-12(10-15-6-3-9-18-15)17-8-7-13-4-2-5-14(16)11-13/h2-6,9,11-12,17H,7-8,10H2,1H3. The van der Waals surface area contributed by atoms with Crippen LogP contribution < -0.4 is 5.32 Å². The van der Waals surface area contributed by atoms with Crippen LogP contribution in [-0.2, 0) is 12.8 Å². The van der Waals surface area contributed by atoms with Crippen molar-refractivity contribution in [3.63, 3.8) is 0 Å². The Kier molecular flexibility index (Phi) is 4.53. The molecule has 1 heterocycles. The fourth-order valence-corrected chi connectivity index (χ4v) is 1.96. The molecule has 3 heteroatoms. The maximum Gasteiger partial charge on any atom is 0.123 e. The lowest BCUT2D eigenvalue weighted by molar-refractivity contribution is 0.458. The van der Waals surface area contributed by atoms with Crippen molar-refractivity contribution in [3.8, 4) is 0 Å². The molecule has 0 spiro atoms. The molecule has 0 aliphatic rings. The Morgan fingerprint density at radius 1 is 1.28 bits per heavy atom. The topological polar surface area (TPSA) is 25.2 Å². The normalized spacial score (nSPS) is 12.6. The summed E-state index contributed by atoms with van der Waals surface area (Å²) in [5.74, 6) is 0.817. The molecule has 2 nitrogen and oxygen atoms in total. The predicted molar refractivity (Wildman–Crippen MR) is 70.0 cm³/mol.